The number of H-pyrrole nitrogens is 2. The van der Waals surface area contributed by atoms with Crippen LogP contribution in [0.2, 0.25) is 0 Å². The monoisotopic (exact) mass is 326 g/mol. The Kier molecular flexibility index (Phi) is 3.67. The van der Waals surface area contributed by atoms with Gasteiger partial charge in [-0.05, 0) is 45.3 Å². The van der Waals surface area contributed by atoms with Gasteiger partial charge in [0.25, 0.3) is 0 Å². The van der Waals surface area contributed by atoms with Crippen molar-refractivity contribution in [2.75, 3.05) is 7.11 Å². The molecule has 4 rings (SSSR count). The minimum atomic E-state index is -0.172. The molecule has 0 aliphatic carbocycles. The van der Waals surface area contributed by atoms with E-state index < -0.39 is 0 Å². The van der Waals surface area contributed by atoms with Crippen molar-refractivity contribution in [1.29, 1.82) is 0 Å². The molecule has 0 aliphatic rings. The molecule has 0 spiro atoms. The van der Waals surface area contributed by atoms with Crippen molar-refractivity contribution in [3.05, 3.63) is 35.9 Å². The van der Waals surface area contributed by atoms with Crippen LogP contribution in [0.3, 0.4) is 0 Å². The molecule has 4 heterocycles. The van der Waals surface area contributed by atoms with Crippen molar-refractivity contribution in [3.8, 4) is 11.5 Å². The topological polar surface area (TPSA) is 135 Å². The normalized spacial score (nSPS) is 12.7. The fourth-order valence-corrected chi connectivity index (χ4v) is 2.53. The van der Waals surface area contributed by atoms with E-state index in [0.29, 0.717) is 17.3 Å². The van der Waals surface area contributed by atoms with Gasteiger partial charge in [-0.1, -0.05) is 6.07 Å². The van der Waals surface area contributed by atoms with Crippen molar-refractivity contribution in [2.24, 2.45) is 0 Å². The van der Waals surface area contributed by atoms with Crippen LogP contribution in [0, 0.1) is 0 Å². The summed E-state index contributed by atoms with van der Waals surface area (Å²) in [6, 6.07) is 4.00. The molecule has 24 heavy (non-hydrogen) atoms. The highest BCUT2D eigenvalue weighted by Gasteiger charge is 2.15. The van der Waals surface area contributed by atoms with Gasteiger partial charge in [-0.2, -0.15) is 0 Å². The lowest BCUT2D eigenvalue weighted by atomic mass is 10.1. The number of nitrogens with zero attached hydrogens (tertiary/aromatic N) is 8. The second-order valence-corrected chi connectivity index (χ2v) is 5.23. The maximum absolute atomic E-state index is 5.44. The average molecular weight is 326 g/mol. The van der Waals surface area contributed by atoms with Gasteiger partial charge in [0, 0.05) is 19.5 Å². The Morgan fingerprint density at radius 2 is 2.00 bits per heavy atom. The first-order valence-corrected chi connectivity index (χ1v) is 7.31. The lowest BCUT2D eigenvalue weighted by molar-refractivity contribution is 0.0885. The molecule has 0 saturated heterocycles. The third-order valence-electron chi connectivity index (χ3n) is 3.75. The van der Waals surface area contributed by atoms with Crippen LogP contribution in [0.4, 0.5) is 0 Å². The van der Waals surface area contributed by atoms with E-state index in [-0.39, 0.29) is 6.10 Å². The first-order chi connectivity index (χ1) is 11.8. The number of imidazole rings is 1. The number of ether oxygens (including phenoxy) is 1. The Hall–Kier alpha value is -3.21. The van der Waals surface area contributed by atoms with Crippen molar-refractivity contribution in [1.82, 2.24) is 50.6 Å². The number of nitrogens with one attached hydrogen (secondary N) is 2. The first-order valence-electron chi connectivity index (χ1n) is 7.31. The van der Waals surface area contributed by atoms with Crippen molar-refractivity contribution in [3.63, 3.8) is 0 Å². The molecule has 0 radical (unpaired) electrons. The van der Waals surface area contributed by atoms with E-state index >= 15 is 0 Å². The number of tetrazole rings is 2. The zero-order chi connectivity index (χ0) is 16.4. The molecular formula is C13H14N10O. The van der Waals surface area contributed by atoms with Crippen LogP contribution in [-0.4, -0.2) is 57.7 Å². The van der Waals surface area contributed by atoms with Crippen LogP contribution in [0.1, 0.15) is 23.9 Å². The van der Waals surface area contributed by atoms with Gasteiger partial charge in [0.2, 0.25) is 0 Å². The number of rotatable bonds is 6. The van der Waals surface area contributed by atoms with E-state index in [4.69, 9.17) is 4.74 Å². The van der Waals surface area contributed by atoms with Crippen LogP contribution in [-0.2, 0) is 11.2 Å². The summed E-state index contributed by atoms with van der Waals surface area (Å²) in [7, 11) is 1.64. The van der Waals surface area contributed by atoms with Crippen LogP contribution in [0.5, 0.6) is 0 Å². The standard InChI is InChI=1S/C13H14N10O/c1-24-10(13-17-21-22-18-13)4-2-8-3-5-11-14-9(7-23(11)6-8)12-15-19-20-16-12/h3,5-7,10H,2,4H2,1H3,(H,15,16,19,20)(H,17,18,21,22). The molecule has 4 aromatic rings. The van der Waals surface area contributed by atoms with Gasteiger partial charge in [-0.15, -0.1) is 10.2 Å². The molecule has 1 atom stereocenters. The quantitative estimate of drug-likeness (QED) is 0.518. The highest BCUT2D eigenvalue weighted by Crippen LogP contribution is 2.20. The van der Waals surface area contributed by atoms with E-state index in [1.807, 2.05) is 28.9 Å². The van der Waals surface area contributed by atoms with Crippen molar-refractivity contribution >= 4 is 5.65 Å². The molecule has 2 N–H and O–H groups in total. The Morgan fingerprint density at radius 1 is 1.12 bits per heavy atom. The van der Waals surface area contributed by atoms with Gasteiger partial charge >= 0.3 is 0 Å². The Bertz CT molecular complexity index is 914. The van der Waals surface area contributed by atoms with Crippen LogP contribution in [0.25, 0.3) is 17.2 Å². The molecule has 0 fully saturated rings. The molecule has 11 heteroatoms. The minimum Gasteiger partial charge on any atom is -0.373 e. The Labute approximate surface area is 135 Å². The number of hydrogen-bond acceptors (Lipinski definition) is 8. The second kappa shape index (κ2) is 6.12. The smallest absolute Gasteiger partial charge is 0.199 e. The highest BCUT2D eigenvalue weighted by molar-refractivity contribution is 5.55. The maximum Gasteiger partial charge on any atom is 0.199 e. The van der Waals surface area contributed by atoms with Crippen molar-refractivity contribution < 1.29 is 4.74 Å². The van der Waals surface area contributed by atoms with Crippen molar-refractivity contribution in [2.45, 2.75) is 18.9 Å². The van der Waals surface area contributed by atoms with E-state index in [2.05, 4.69) is 46.2 Å². The Morgan fingerprint density at radius 3 is 2.75 bits per heavy atom. The van der Waals surface area contributed by atoms with E-state index in [9.17, 15) is 0 Å². The predicted octanol–water partition coefficient (Wildman–Crippen LogP) is 0.348. The molecular weight excluding hydrogens is 312 g/mol. The summed E-state index contributed by atoms with van der Waals surface area (Å²) in [6.07, 6.45) is 5.31. The molecule has 0 aliphatic heterocycles. The molecule has 11 nitrogen and oxygen atoms in total. The summed E-state index contributed by atoms with van der Waals surface area (Å²) < 4.78 is 7.39. The summed E-state index contributed by atoms with van der Waals surface area (Å²) in [5.74, 6) is 1.17. The van der Waals surface area contributed by atoms with Crippen LogP contribution >= 0.6 is 0 Å². The number of hydrogen-bond donors (Lipinski definition) is 2. The number of aryl methyl sites for hydroxylation is 1. The van der Waals surface area contributed by atoms with E-state index in [1.165, 1.54) is 0 Å². The number of pyridine rings is 1. The van der Waals surface area contributed by atoms with Crippen LogP contribution in [0.15, 0.2) is 24.5 Å². The molecule has 0 amide bonds. The van der Waals surface area contributed by atoms with Gasteiger partial charge in [0.15, 0.2) is 11.6 Å². The van der Waals surface area contributed by atoms with Gasteiger partial charge < -0.3 is 9.14 Å². The molecule has 122 valence electrons. The lowest BCUT2D eigenvalue weighted by Gasteiger charge is -2.11. The van der Waals surface area contributed by atoms with Gasteiger partial charge in [0.05, 0.1) is 0 Å². The van der Waals surface area contributed by atoms with Gasteiger partial charge in [-0.3, -0.25) is 0 Å². The number of aromatic amines is 2. The third kappa shape index (κ3) is 2.72. The Balaban J connectivity index is 1.52. The fraction of sp³-hybridized carbons (Fsp3) is 0.308. The van der Waals surface area contributed by atoms with Crippen LogP contribution < -0.4 is 0 Å². The van der Waals surface area contributed by atoms with E-state index in [1.54, 1.807) is 7.11 Å². The lowest BCUT2D eigenvalue weighted by Crippen LogP contribution is -2.06. The maximum atomic E-state index is 5.44. The first kappa shape index (κ1) is 14.4. The van der Waals surface area contributed by atoms with E-state index in [0.717, 1.165) is 24.1 Å². The predicted molar refractivity (Wildman–Crippen MR) is 80.6 cm³/mol. The number of aromatic nitrogens is 10. The SMILES string of the molecule is COC(CCc1ccc2nc(-c3nnn[nH]3)cn2c1)c1nnn[nH]1. The van der Waals surface area contributed by atoms with Gasteiger partial charge in [-0.25, -0.2) is 15.2 Å². The summed E-state index contributed by atoms with van der Waals surface area (Å²) in [5, 5.41) is 27.5. The summed E-state index contributed by atoms with van der Waals surface area (Å²) in [4.78, 5) is 4.48. The molecule has 0 saturated carbocycles. The third-order valence-corrected chi connectivity index (χ3v) is 3.75. The summed E-state index contributed by atoms with van der Waals surface area (Å²) >= 11 is 0. The molecule has 0 aromatic carbocycles. The largest absolute Gasteiger partial charge is 0.373 e. The number of methoxy groups -OCH3 is 1. The van der Waals surface area contributed by atoms with Gasteiger partial charge in [0.1, 0.15) is 17.4 Å². The highest BCUT2D eigenvalue weighted by atomic mass is 16.5. The minimum absolute atomic E-state index is 0.172. The molecule has 4 aromatic heterocycles. The molecule has 0 bridgehead atoms. The zero-order valence-electron chi connectivity index (χ0n) is 12.8. The summed E-state index contributed by atoms with van der Waals surface area (Å²) in [6.45, 7) is 0. The number of fused-ring (bicyclic) bond motifs is 1. The summed E-state index contributed by atoms with van der Waals surface area (Å²) in [5.41, 5.74) is 2.67. The average Bonchev–Trinajstić information content (AvgIpc) is 3.35. The second-order valence-electron chi connectivity index (χ2n) is 5.23. The zero-order valence-corrected chi connectivity index (χ0v) is 12.8. The molecule has 1 unspecified atom stereocenters. The fourth-order valence-electron chi connectivity index (χ4n) is 2.53.